The number of nitrogens with one attached hydrogen (secondary N) is 1. The minimum Gasteiger partial charge on any atom is -0.487 e. The maximum atomic E-state index is 12.3. The van der Waals surface area contributed by atoms with Gasteiger partial charge in [-0.25, -0.2) is 4.98 Å². The smallest absolute Gasteiger partial charge is 0.325 e. The average molecular weight is 429 g/mol. The van der Waals surface area contributed by atoms with Gasteiger partial charge in [-0.3, -0.25) is 9.59 Å². The van der Waals surface area contributed by atoms with Crippen LogP contribution in [-0.2, 0) is 22.7 Å². The molecule has 0 bridgehead atoms. The summed E-state index contributed by atoms with van der Waals surface area (Å²) < 4.78 is 12.9. The van der Waals surface area contributed by atoms with Crippen molar-refractivity contribution in [1.82, 2.24) is 14.7 Å². The van der Waals surface area contributed by atoms with Gasteiger partial charge in [0.2, 0.25) is 0 Å². The van der Waals surface area contributed by atoms with E-state index in [9.17, 15) is 9.59 Å². The van der Waals surface area contributed by atoms with E-state index >= 15 is 0 Å². The number of hydrogen-bond acceptors (Lipinski definition) is 5. The van der Waals surface area contributed by atoms with Gasteiger partial charge in [-0.1, -0.05) is 36.4 Å². The van der Waals surface area contributed by atoms with Crippen LogP contribution in [0.2, 0.25) is 0 Å². The third kappa shape index (κ3) is 5.31. The number of rotatable bonds is 8. The number of aromatic nitrogens is 2. The molecule has 0 radical (unpaired) electrons. The Balaban J connectivity index is 1.24. The molecule has 7 heteroatoms. The summed E-state index contributed by atoms with van der Waals surface area (Å²) in [6.07, 6.45) is 3.88. The number of aryl methyl sites for hydroxylation is 1. The first-order chi connectivity index (χ1) is 15.6. The highest BCUT2D eigenvalue weighted by atomic mass is 16.5. The van der Waals surface area contributed by atoms with Crippen LogP contribution in [0.15, 0.2) is 79.1 Å². The number of hydrogen-bond donors (Lipinski definition) is 1. The van der Waals surface area contributed by atoms with Crippen LogP contribution < -0.4 is 10.1 Å². The largest absolute Gasteiger partial charge is 0.487 e. The van der Waals surface area contributed by atoms with Gasteiger partial charge in [0.25, 0.3) is 5.91 Å². The predicted octanol–water partition coefficient (Wildman–Crippen LogP) is 3.69. The van der Waals surface area contributed by atoms with Crippen LogP contribution in [0.3, 0.4) is 0 Å². The molecule has 0 saturated carbocycles. The SMILES string of the molecule is Cc1cccn2cc(COc3ccc(C(=O)NCC(=O)OCc4ccccc4)cc3)nc12. The Labute approximate surface area is 185 Å². The summed E-state index contributed by atoms with van der Waals surface area (Å²) in [5.74, 6) is -0.230. The molecule has 4 rings (SSSR count). The van der Waals surface area contributed by atoms with Crippen LogP contribution >= 0.6 is 0 Å². The minimum atomic E-state index is -0.496. The number of fused-ring (bicyclic) bond motifs is 1. The van der Waals surface area contributed by atoms with Crippen molar-refractivity contribution >= 4 is 17.5 Å². The summed E-state index contributed by atoms with van der Waals surface area (Å²) in [7, 11) is 0. The monoisotopic (exact) mass is 429 g/mol. The summed E-state index contributed by atoms with van der Waals surface area (Å²) in [5.41, 5.74) is 4.13. The van der Waals surface area contributed by atoms with Gasteiger partial charge in [-0.2, -0.15) is 0 Å². The minimum absolute atomic E-state index is 0.174. The first kappa shape index (κ1) is 21.1. The van der Waals surface area contributed by atoms with Gasteiger partial charge >= 0.3 is 5.97 Å². The normalized spacial score (nSPS) is 10.7. The van der Waals surface area contributed by atoms with E-state index in [0.29, 0.717) is 17.9 Å². The number of carbonyl (C=O) groups is 2. The standard InChI is InChI=1S/C25H23N3O4/c1-18-6-5-13-28-15-21(27-24(18)28)17-31-22-11-9-20(10-12-22)25(30)26-14-23(29)32-16-19-7-3-2-4-8-19/h2-13,15H,14,16-17H2,1H3,(H,26,30). The van der Waals surface area contributed by atoms with E-state index in [1.165, 1.54) is 0 Å². The average Bonchev–Trinajstić information content (AvgIpc) is 3.25. The lowest BCUT2D eigenvalue weighted by atomic mass is 10.2. The Morgan fingerprint density at radius 2 is 1.75 bits per heavy atom. The van der Waals surface area contributed by atoms with Crippen molar-refractivity contribution in [2.75, 3.05) is 6.54 Å². The molecule has 2 aromatic carbocycles. The van der Waals surface area contributed by atoms with Gasteiger partial charge in [-0.15, -0.1) is 0 Å². The topological polar surface area (TPSA) is 81.9 Å². The van der Waals surface area contributed by atoms with E-state index in [0.717, 1.165) is 22.5 Å². The van der Waals surface area contributed by atoms with Crippen LogP contribution in [0.25, 0.3) is 5.65 Å². The first-order valence-corrected chi connectivity index (χ1v) is 10.2. The molecule has 2 aromatic heterocycles. The number of pyridine rings is 1. The molecular formula is C25H23N3O4. The fraction of sp³-hybridized carbons (Fsp3) is 0.160. The number of carbonyl (C=O) groups excluding carboxylic acids is 2. The van der Waals surface area contributed by atoms with Gasteiger partial charge in [-0.05, 0) is 48.4 Å². The molecular weight excluding hydrogens is 406 g/mol. The summed E-state index contributed by atoms with van der Waals surface area (Å²) >= 11 is 0. The van der Waals surface area contributed by atoms with Crippen molar-refractivity contribution in [2.45, 2.75) is 20.1 Å². The third-order valence-corrected chi connectivity index (χ3v) is 4.87. The maximum Gasteiger partial charge on any atom is 0.325 e. The number of esters is 1. The Hall–Kier alpha value is -4.13. The van der Waals surface area contributed by atoms with Crippen LogP contribution in [0, 0.1) is 6.92 Å². The fourth-order valence-corrected chi connectivity index (χ4v) is 3.18. The van der Waals surface area contributed by atoms with E-state index in [-0.39, 0.29) is 19.1 Å². The van der Waals surface area contributed by atoms with Gasteiger partial charge < -0.3 is 19.2 Å². The molecule has 0 aliphatic heterocycles. The lowest BCUT2D eigenvalue weighted by molar-refractivity contribution is -0.143. The lowest BCUT2D eigenvalue weighted by Crippen LogP contribution is -2.30. The first-order valence-electron chi connectivity index (χ1n) is 10.2. The Kier molecular flexibility index (Phi) is 6.46. The summed E-state index contributed by atoms with van der Waals surface area (Å²) in [6.45, 7) is 2.31. The summed E-state index contributed by atoms with van der Waals surface area (Å²) in [6, 6.07) is 20.1. The number of ether oxygens (including phenoxy) is 2. The number of nitrogens with zero attached hydrogens (tertiary/aromatic N) is 2. The summed E-state index contributed by atoms with van der Waals surface area (Å²) in [4.78, 5) is 28.7. The third-order valence-electron chi connectivity index (χ3n) is 4.87. The molecule has 0 spiro atoms. The fourth-order valence-electron chi connectivity index (χ4n) is 3.18. The van der Waals surface area contributed by atoms with E-state index < -0.39 is 5.97 Å². The van der Waals surface area contributed by atoms with Crippen molar-refractivity contribution in [2.24, 2.45) is 0 Å². The Morgan fingerprint density at radius 3 is 2.50 bits per heavy atom. The summed E-state index contributed by atoms with van der Waals surface area (Å²) in [5, 5.41) is 2.57. The number of imidazole rings is 1. The molecule has 1 N–H and O–H groups in total. The highest BCUT2D eigenvalue weighted by Crippen LogP contribution is 2.15. The molecule has 0 fully saturated rings. The van der Waals surface area contributed by atoms with E-state index in [1.807, 2.05) is 66.2 Å². The molecule has 0 saturated heterocycles. The van der Waals surface area contributed by atoms with Crippen molar-refractivity contribution in [3.8, 4) is 5.75 Å². The zero-order valence-electron chi connectivity index (χ0n) is 17.7. The van der Waals surface area contributed by atoms with Crippen molar-refractivity contribution in [3.63, 3.8) is 0 Å². The molecule has 2 heterocycles. The zero-order chi connectivity index (χ0) is 22.3. The molecule has 7 nitrogen and oxygen atoms in total. The Morgan fingerprint density at radius 1 is 0.969 bits per heavy atom. The zero-order valence-corrected chi connectivity index (χ0v) is 17.7. The quantitative estimate of drug-likeness (QED) is 0.432. The molecule has 4 aromatic rings. The maximum absolute atomic E-state index is 12.3. The van der Waals surface area contributed by atoms with Crippen LogP contribution in [0.1, 0.15) is 27.2 Å². The van der Waals surface area contributed by atoms with Gasteiger partial charge in [0.15, 0.2) is 0 Å². The molecule has 1 amide bonds. The van der Waals surface area contributed by atoms with Gasteiger partial charge in [0, 0.05) is 18.0 Å². The lowest BCUT2D eigenvalue weighted by Gasteiger charge is -2.08. The van der Waals surface area contributed by atoms with Crippen molar-refractivity contribution in [3.05, 3.63) is 102 Å². The van der Waals surface area contributed by atoms with Crippen molar-refractivity contribution in [1.29, 1.82) is 0 Å². The van der Waals surface area contributed by atoms with E-state index in [4.69, 9.17) is 9.47 Å². The van der Waals surface area contributed by atoms with Gasteiger partial charge in [0.05, 0.1) is 5.69 Å². The second-order valence-corrected chi connectivity index (χ2v) is 7.30. The highest BCUT2D eigenvalue weighted by molar-refractivity contribution is 5.96. The molecule has 0 aliphatic carbocycles. The number of benzene rings is 2. The van der Waals surface area contributed by atoms with Crippen LogP contribution in [0.5, 0.6) is 5.75 Å². The second-order valence-electron chi connectivity index (χ2n) is 7.30. The number of amides is 1. The van der Waals surface area contributed by atoms with Crippen molar-refractivity contribution < 1.29 is 19.1 Å². The molecule has 0 atom stereocenters. The van der Waals surface area contributed by atoms with Crippen LogP contribution in [-0.4, -0.2) is 27.8 Å². The van der Waals surface area contributed by atoms with Crippen LogP contribution in [0.4, 0.5) is 0 Å². The highest BCUT2D eigenvalue weighted by Gasteiger charge is 2.10. The van der Waals surface area contributed by atoms with Gasteiger partial charge in [0.1, 0.15) is 31.2 Å². The molecule has 32 heavy (non-hydrogen) atoms. The second kappa shape index (κ2) is 9.78. The molecule has 162 valence electrons. The van der Waals surface area contributed by atoms with E-state index in [1.54, 1.807) is 24.3 Å². The molecule has 0 unspecified atom stereocenters. The molecule has 0 aliphatic rings. The van der Waals surface area contributed by atoms with E-state index in [2.05, 4.69) is 10.3 Å². The predicted molar refractivity (Wildman–Crippen MR) is 119 cm³/mol. The Bertz CT molecular complexity index is 1220.